The summed E-state index contributed by atoms with van der Waals surface area (Å²) in [5.41, 5.74) is 2.87. The fourth-order valence-corrected chi connectivity index (χ4v) is 4.53. The van der Waals surface area contributed by atoms with Crippen molar-refractivity contribution < 1.29 is 9.59 Å². The summed E-state index contributed by atoms with van der Waals surface area (Å²) < 4.78 is 1.62. The standard InChI is InChI=1S/C25H29N7O3/c1-15-11-26-21(28-24(34)17-4-5-17)10-20(15)18-8-22(29-23(33)9-18)32-7-6-31(13-16(32)2)25(35)19-12-27-30(3)14-19/h8-12,14,16-17H,4-7,13H2,1-3H3,(H,29,33)(H,26,28,34). The second kappa shape index (κ2) is 9.01. The fourth-order valence-electron chi connectivity index (χ4n) is 4.53. The summed E-state index contributed by atoms with van der Waals surface area (Å²) >= 11 is 0. The number of aryl methyl sites for hydroxylation is 2. The van der Waals surface area contributed by atoms with Gasteiger partial charge in [-0.3, -0.25) is 19.1 Å². The van der Waals surface area contributed by atoms with E-state index in [0.29, 0.717) is 36.8 Å². The molecule has 1 aliphatic carbocycles. The van der Waals surface area contributed by atoms with E-state index < -0.39 is 0 Å². The Balaban J connectivity index is 1.37. The molecule has 0 spiro atoms. The molecule has 182 valence electrons. The third kappa shape index (κ3) is 4.82. The zero-order chi connectivity index (χ0) is 24.7. The lowest BCUT2D eigenvalue weighted by Crippen LogP contribution is -2.54. The number of H-pyrrole nitrogens is 1. The quantitative estimate of drug-likeness (QED) is 0.584. The maximum absolute atomic E-state index is 12.8. The number of hydrogen-bond acceptors (Lipinski definition) is 6. The van der Waals surface area contributed by atoms with Gasteiger partial charge in [0.25, 0.3) is 5.91 Å². The lowest BCUT2D eigenvalue weighted by Gasteiger charge is -2.40. The maximum atomic E-state index is 12.8. The van der Waals surface area contributed by atoms with Crippen molar-refractivity contribution >= 4 is 23.5 Å². The highest BCUT2D eigenvalue weighted by Gasteiger charge is 2.30. The van der Waals surface area contributed by atoms with E-state index in [9.17, 15) is 14.4 Å². The van der Waals surface area contributed by atoms with Gasteiger partial charge in [-0.2, -0.15) is 5.10 Å². The van der Waals surface area contributed by atoms with E-state index in [0.717, 1.165) is 29.5 Å². The second-order valence-electron chi connectivity index (χ2n) is 9.46. The molecule has 2 N–H and O–H groups in total. The molecule has 0 aromatic carbocycles. The van der Waals surface area contributed by atoms with Crippen LogP contribution in [-0.2, 0) is 11.8 Å². The first-order valence-electron chi connectivity index (χ1n) is 11.9. The molecule has 0 bridgehead atoms. The fraction of sp³-hybridized carbons (Fsp3) is 0.400. The molecule has 1 unspecified atom stereocenters. The number of carbonyl (C=O) groups excluding carboxylic acids is 2. The van der Waals surface area contributed by atoms with Crippen molar-refractivity contribution in [2.45, 2.75) is 32.7 Å². The zero-order valence-corrected chi connectivity index (χ0v) is 20.1. The number of hydrogen-bond donors (Lipinski definition) is 2. The van der Waals surface area contributed by atoms with Gasteiger partial charge in [0, 0.05) is 57.1 Å². The lowest BCUT2D eigenvalue weighted by molar-refractivity contribution is -0.117. The third-order valence-electron chi connectivity index (χ3n) is 6.62. The molecular formula is C25H29N7O3. The van der Waals surface area contributed by atoms with Crippen LogP contribution in [0.3, 0.4) is 0 Å². The van der Waals surface area contributed by atoms with Crippen LogP contribution in [0.5, 0.6) is 0 Å². The zero-order valence-electron chi connectivity index (χ0n) is 20.1. The molecular weight excluding hydrogens is 446 g/mol. The van der Waals surface area contributed by atoms with Crippen molar-refractivity contribution in [2.75, 3.05) is 29.9 Å². The Bertz CT molecular complexity index is 1340. The van der Waals surface area contributed by atoms with Crippen LogP contribution >= 0.6 is 0 Å². The van der Waals surface area contributed by atoms with Gasteiger partial charge in [-0.05, 0) is 55.5 Å². The van der Waals surface area contributed by atoms with Gasteiger partial charge in [-0.1, -0.05) is 0 Å². The number of nitrogens with zero attached hydrogens (tertiary/aromatic N) is 5. The number of carbonyl (C=O) groups is 2. The number of anilines is 2. The first-order chi connectivity index (χ1) is 16.8. The predicted octanol–water partition coefficient (Wildman–Crippen LogP) is 2.18. The molecule has 1 atom stereocenters. The number of pyridine rings is 2. The van der Waals surface area contributed by atoms with Gasteiger partial charge in [0.15, 0.2) is 0 Å². The molecule has 1 aliphatic heterocycles. The van der Waals surface area contributed by atoms with Crippen molar-refractivity contribution in [3.05, 3.63) is 58.3 Å². The molecule has 10 heteroatoms. The van der Waals surface area contributed by atoms with Crippen molar-refractivity contribution in [1.82, 2.24) is 24.6 Å². The minimum atomic E-state index is -0.210. The minimum Gasteiger partial charge on any atom is -0.352 e. The molecule has 35 heavy (non-hydrogen) atoms. The Kier molecular flexibility index (Phi) is 5.88. The van der Waals surface area contributed by atoms with Crippen LogP contribution in [0.2, 0.25) is 0 Å². The normalized spacial score (nSPS) is 18.0. The van der Waals surface area contributed by atoms with Gasteiger partial charge in [0.1, 0.15) is 11.6 Å². The van der Waals surface area contributed by atoms with Gasteiger partial charge in [-0.15, -0.1) is 0 Å². The van der Waals surface area contributed by atoms with Gasteiger partial charge in [0.2, 0.25) is 11.5 Å². The van der Waals surface area contributed by atoms with E-state index in [1.165, 1.54) is 0 Å². The highest BCUT2D eigenvalue weighted by molar-refractivity contribution is 5.94. The summed E-state index contributed by atoms with van der Waals surface area (Å²) in [6.07, 6.45) is 6.85. The molecule has 5 rings (SSSR count). The van der Waals surface area contributed by atoms with Gasteiger partial charge >= 0.3 is 0 Å². The smallest absolute Gasteiger partial charge is 0.257 e. The van der Waals surface area contributed by atoms with E-state index in [1.54, 1.807) is 36.4 Å². The van der Waals surface area contributed by atoms with Crippen LogP contribution in [0.1, 0.15) is 35.7 Å². The summed E-state index contributed by atoms with van der Waals surface area (Å²) in [5.74, 6) is 1.22. The van der Waals surface area contributed by atoms with Crippen molar-refractivity contribution in [1.29, 1.82) is 0 Å². The van der Waals surface area contributed by atoms with Crippen LogP contribution < -0.4 is 15.8 Å². The topological polar surface area (TPSA) is 116 Å². The Morgan fingerprint density at radius 1 is 1.14 bits per heavy atom. The summed E-state index contributed by atoms with van der Waals surface area (Å²) in [7, 11) is 1.79. The van der Waals surface area contributed by atoms with Crippen LogP contribution in [0.25, 0.3) is 11.1 Å². The molecule has 2 fully saturated rings. The molecule has 2 amide bonds. The molecule has 4 heterocycles. The average molecular weight is 476 g/mol. The van der Waals surface area contributed by atoms with Crippen LogP contribution in [0.4, 0.5) is 11.6 Å². The van der Waals surface area contributed by atoms with Gasteiger partial charge in [0.05, 0.1) is 11.8 Å². The Labute approximate surface area is 203 Å². The summed E-state index contributed by atoms with van der Waals surface area (Å²) in [4.78, 5) is 48.9. The number of aromatic nitrogens is 4. The highest BCUT2D eigenvalue weighted by atomic mass is 16.2. The monoisotopic (exact) mass is 475 g/mol. The number of rotatable bonds is 5. The Hall–Kier alpha value is -3.95. The molecule has 3 aromatic rings. The average Bonchev–Trinajstić information content (AvgIpc) is 3.60. The van der Waals surface area contributed by atoms with E-state index >= 15 is 0 Å². The van der Waals surface area contributed by atoms with Crippen molar-refractivity contribution in [3.8, 4) is 11.1 Å². The molecule has 1 saturated carbocycles. The molecule has 2 aliphatic rings. The van der Waals surface area contributed by atoms with Gasteiger partial charge in [-0.25, -0.2) is 4.98 Å². The van der Waals surface area contributed by atoms with Crippen molar-refractivity contribution in [2.24, 2.45) is 13.0 Å². The Morgan fingerprint density at radius 3 is 2.63 bits per heavy atom. The van der Waals surface area contributed by atoms with E-state index in [1.807, 2.05) is 30.9 Å². The largest absolute Gasteiger partial charge is 0.352 e. The van der Waals surface area contributed by atoms with E-state index in [2.05, 4.69) is 25.3 Å². The first-order valence-corrected chi connectivity index (χ1v) is 11.9. The van der Waals surface area contributed by atoms with Gasteiger partial charge < -0.3 is 20.1 Å². The number of piperazine rings is 1. The van der Waals surface area contributed by atoms with Crippen molar-refractivity contribution in [3.63, 3.8) is 0 Å². The predicted molar refractivity (Wildman–Crippen MR) is 132 cm³/mol. The molecule has 0 radical (unpaired) electrons. The minimum absolute atomic E-state index is 0.00204. The Morgan fingerprint density at radius 2 is 1.94 bits per heavy atom. The molecule has 10 nitrogen and oxygen atoms in total. The lowest BCUT2D eigenvalue weighted by atomic mass is 10.0. The second-order valence-corrected chi connectivity index (χ2v) is 9.46. The van der Waals surface area contributed by atoms with Crippen LogP contribution in [0, 0.1) is 12.8 Å². The summed E-state index contributed by atoms with van der Waals surface area (Å²) in [6, 6.07) is 5.33. The number of amides is 2. The number of aromatic amines is 1. The first kappa shape index (κ1) is 22.8. The summed E-state index contributed by atoms with van der Waals surface area (Å²) in [6.45, 7) is 5.63. The number of nitrogens with one attached hydrogen (secondary N) is 2. The SMILES string of the molecule is Cc1cnc(NC(=O)C2CC2)cc1-c1cc(N2CCN(C(=O)c3cnn(C)c3)CC2C)[nH]c(=O)c1. The van der Waals surface area contributed by atoms with E-state index in [4.69, 9.17) is 0 Å². The summed E-state index contributed by atoms with van der Waals surface area (Å²) in [5, 5.41) is 6.98. The van der Waals surface area contributed by atoms with E-state index in [-0.39, 0.29) is 29.3 Å². The highest BCUT2D eigenvalue weighted by Crippen LogP contribution is 2.31. The molecule has 1 saturated heterocycles. The third-order valence-corrected chi connectivity index (χ3v) is 6.62. The molecule has 3 aromatic heterocycles. The van der Waals surface area contributed by atoms with Crippen LogP contribution in [-0.4, -0.2) is 62.1 Å². The van der Waals surface area contributed by atoms with Crippen LogP contribution in [0.15, 0.2) is 41.6 Å². The maximum Gasteiger partial charge on any atom is 0.257 e.